The fourth-order valence-corrected chi connectivity index (χ4v) is 4.27. The Kier molecular flexibility index (Phi) is 12.2. The predicted octanol–water partition coefficient (Wildman–Crippen LogP) is 5.50. The highest BCUT2D eigenvalue weighted by Gasteiger charge is 2.22. The highest BCUT2D eigenvalue weighted by Crippen LogP contribution is 2.25. The molecule has 1 aromatic heterocycles. The Hall–Kier alpha value is -4.17. The van der Waals surface area contributed by atoms with E-state index in [9.17, 15) is 14.4 Å². The molecule has 0 fully saturated rings. The van der Waals surface area contributed by atoms with Crippen molar-refractivity contribution >= 4 is 23.8 Å². The second-order valence-corrected chi connectivity index (χ2v) is 9.77. The number of rotatable bonds is 18. The molecule has 0 radical (unpaired) electrons. The maximum absolute atomic E-state index is 13.1. The molecule has 2 amide bonds. The lowest BCUT2D eigenvalue weighted by Crippen LogP contribution is -2.41. The van der Waals surface area contributed by atoms with Crippen LogP contribution >= 0.6 is 0 Å². The summed E-state index contributed by atoms with van der Waals surface area (Å²) in [6.07, 6.45) is 4.55. The third kappa shape index (κ3) is 9.85. The van der Waals surface area contributed by atoms with E-state index in [0.717, 1.165) is 36.0 Å². The first kappa shape index (κ1) is 30.4. The summed E-state index contributed by atoms with van der Waals surface area (Å²) in [5.74, 6) is 0.715. The third-order valence-electron chi connectivity index (χ3n) is 6.42. The van der Waals surface area contributed by atoms with Gasteiger partial charge in [-0.15, -0.1) is 0 Å². The van der Waals surface area contributed by atoms with E-state index in [0.29, 0.717) is 36.5 Å². The van der Waals surface area contributed by atoms with Crippen LogP contribution in [0.25, 0.3) is 17.0 Å². The Morgan fingerprint density at radius 1 is 1.02 bits per heavy atom. The molecule has 0 aliphatic rings. The van der Waals surface area contributed by atoms with Gasteiger partial charge in [0.1, 0.15) is 23.9 Å². The molecule has 3 aromatic rings. The summed E-state index contributed by atoms with van der Waals surface area (Å²) >= 11 is 0. The fourth-order valence-electron chi connectivity index (χ4n) is 4.27. The number of hydrogen-bond donors (Lipinski definition) is 2. The SMILES string of the molecule is C=C(NCNC(=O)C(CCCCC)CN(C=O)OCc1ccccc1)c1ccc(-c2cccc(CC(C)=O)c2)o1. The molecule has 2 N–H and O–H groups in total. The van der Waals surface area contributed by atoms with Crippen molar-refractivity contribution in [1.82, 2.24) is 15.7 Å². The number of amides is 2. The Morgan fingerprint density at radius 3 is 2.52 bits per heavy atom. The van der Waals surface area contributed by atoms with Gasteiger partial charge >= 0.3 is 0 Å². The molecule has 212 valence electrons. The Labute approximate surface area is 236 Å². The molecule has 0 saturated carbocycles. The summed E-state index contributed by atoms with van der Waals surface area (Å²) < 4.78 is 5.97. The van der Waals surface area contributed by atoms with Gasteiger partial charge in [0.05, 0.1) is 24.8 Å². The van der Waals surface area contributed by atoms with E-state index in [1.807, 2.05) is 66.7 Å². The number of carbonyl (C=O) groups is 3. The molecule has 1 atom stereocenters. The van der Waals surface area contributed by atoms with Gasteiger partial charge in [-0.05, 0) is 42.7 Å². The molecular weight excluding hydrogens is 506 g/mol. The molecule has 0 aliphatic carbocycles. The molecule has 40 heavy (non-hydrogen) atoms. The van der Waals surface area contributed by atoms with Crippen LogP contribution in [-0.2, 0) is 32.2 Å². The minimum Gasteiger partial charge on any atom is -0.455 e. The smallest absolute Gasteiger partial charge is 0.233 e. The van der Waals surface area contributed by atoms with Gasteiger partial charge in [-0.1, -0.05) is 81.3 Å². The van der Waals surface area contributed by atoms with Crippen molar-refractivity contribution in [3.05, 3.63) is 90.2 Å². The Morgan fingerprint density at radius 2 is 1.80 bits per heavy atom. The van der Waals surface area contributed by atoms with E-state index in [1.54, 1.807) is 6.92 Å². The van der Waals surface area contributed by atoms with E-state index in [2.05, 4.69) is 24.1 Å². The summed E-state index contributed by atoms with van der Waals surface area (Å²) in [6, 6.07) is 20.9. The minimum atomic E-state index is -0.417. The van der Waals surface area contributed by atoms with Crippen molar-refractivity contribution in [3.8, 4) is 11.3 Å². The van der Waals surface area contributed by atoms with Gasteiger partial charge in [-0.3, -0.25) is 19.2 Å². The summed E-state index contributed by atoms with van der Waals surface area (Å²) in [5, 5.41) is 7.18. The normalized spacial score (nSPS) is 11.4. The third-order valence-corrected chi connectivity index (χ3v) is 6.42. The molecular formula is C32H39N3O5. The van der Waals surface area contributed by atoms with Crippen LogP contribution in [0.5, 0.6) is 0 Å². The van der Waals surface area contributed by atoms with Crippen LogP contribution in [0.2, 0.25) is 0 Å². The number of carbonyl (C=O) groups excluding carboxylic acids is 3. The lowest BCUT2D eigenvalue weighted by atomic mass is 10.0. The van der Waals surface area contributed by atoms with Crippen LogP contribution in [0.15, 0.2) is 77.7 Å². The minimum absolute atomic E-state index is 0.100. The number of nitrogens with one attached hydrogen (secondary N) is 2. The van der Waals surface area contributed by atoms with Gasteiger partial charge in [0, 0.05) is 12.0 Å². The van der Waals surface area contributed by atoms with Crippen molar-refractivity contribution in [2.75, 3.05) is 13.2 Å². The maximum Gasteiger partial charge on any atom is 0.233 e. The number of nitrogens with zero attached hydrogens (tertiary/aromatic N) is 1. The standard InChI is InChI=1S/C32H39N3O5/c1-4-5-7-14-29(20-35(23-36)39-21-26-11-8-6-9-12-26)32(38)34-22-33-25(3)30-16-17-31(40-30)28-15-10-13-27(19-28)18-24(2)37/h6,8-13,15-17,19,23,29,33H,3-5,7,14,18,20-22H2,1-2H3,(H,34,38). The molecule has 8 nitrogen and oxygen atoms in total. The Bertz CT molecular complexity index is 1250. The number of hydroxylamine groups is 2. The number of hydrogen-bond acceptors (Lipinski definition) is 6. The van der Waals surface area contributed by atoms with E-state index < -0.39 is 5.92 Å². The van der Waals surface area contributed by atoms with Crippen LogP contribution in [-0.4, -0.2) is 36.4 Å². The lowest BCUT2D eigenvalue weighted by Gasteiger charge is -2.23. The zero-order valence-electron chi connectivity index (χ0n) is 23.4. The topological polar surface area (TPSA) is 101 Å². The van der Waals surface area contributed by atoms with Crippen molar-refractivity contribution in [1.29, 1.82) is 0 Å². The predicted molar refractivity (Wildman–Crippen MR) is 155 cm³/mol. The van der Waals surface area contributed by atoms with E-state index >= 15 is 0 Å². The van der Waals surface area contributed by atoms with Crippen LogP contribution in [0, 0.1) is 5.92 Å². The van der Waals surface area contributed by atoms with E-state index in [4.69, 9.17) is 9.25 Å². The summed E-state index contributed by atoms with van der Waals surface area (Å²) in [6.45, 7) is 8.26. The first-order valence-electron chi connectivity index (χ1n) is 13.7. The summed E-state index contributed by atoms with van der Waals surface area (Å²) in [5.41, 5.74) is 3.26. The van der Waals surface area contributed by atoms with Gasteiger partial charge in [0.25, 0.3) is 0 Å². The molecule has 2 aromatic carbocycles. The second kappa shape index (κ2) is 16.1. The van der Waals surface area contributed by atoms with Gasteiger partial charge in [-0.25, -0.2) is 5.06 Å². The van der Waals surface area contributed by atoms with Crippen LogP contribution in [0.1, 0.15) is 56.4 Å². The maximum atomic E-state index is 13.1. The first-order valence-corrected chi connectivity index (χ1v) is 13.7. The lowest BCUT2D eigenvalue weighted by molar-refractivity contribution is -0.182. The number of benzene rings is 2. The first-order chi connectivity index (χ1) is 19.4. The van der Waals surface area contributed by atoms with Crippen LogP contribution in [0.4, 0.5) is 0 Å². The summed E-state index contributed by atoms with van der Waals surface area (Å²) in [7, 11) is 0. The Balaban J connectivity index is 1.53. The van der Waals surface area contributed by atoms with Gasteiger partial charge in [-0.2, -0.15) is 0 Å². The average molecular weight is 546 g/mol. The number of unbranched alkanes of at least 4 members (excludes halogenated alkanes) is 2. The quantitative estimate of drug-likeness (QED) is 0.0948. The molecule has 8 heteroatoms. The number of Topliss-reactive ketones (excluding diaryl/α,β-unsaturated/α-hetero) is 1. The average Bonchev–Trinajstić information content (AvgIpc) is 3.45. The molecule has 1 unspecified atom stereocenters. The molecule has 1 heterocycles. The molecule has 0 aliphatic heterocycles. The highest BCUT2D eigenvalue weighted by atomic mass is 16.7. The summed E-state index contributed by atoms with van der Waals surface area (Å²) in [4.78, 5) is 41.8. The number of furan rings is 1. The van der Waals surface area contributed by atoms with Crippen molar-refractivity contribution in [2.24, 2.45) is 5.92 Å². The second-order valence-electron chi connectivity index (χ2n) is 9.77. The molecule has 0 spiro atoms. The van der Waals surface area contributed by atoms with Crippen molar-refractivity contribution < 1.29 is 23.6 Å². The largest absolute Gasteiger partial charge is 0.455 e. The molecule has 0 saturated heterocycles. The van der Waals surface area contributed by atoms with Gasteiger partial charge in [0.2, 0.25) is 12.3 Å². The molecule has 0 bridgehead atoms. The highest BCUT2D eigenvalue weighted by molar-refractivity contribution is 5.79. The van der Waals surface area contributed by atoms with Crippen molar-refractivity contribution in [3.63, 3.8) is 0 Å². The van der Waals surface area contributed by atoms with E-state index in [1.165, 1.54) is 5.06 Å². The van der Waals surface area contributed by atoms with Crippen LogP contribution in [0.3, 0.4) is 0 Å². The van der Waals surface area contributed by atoms with E-state index in [-0.39, 0.29) is 31.5 Å². The number of ketones is 1. The fraction of sp³-hybridized carbons (Fsp3) is 0.344. The van der Waals surface area contributed by atoms with Gasteiger partial charge < -0.3 is 15.1 Å². The molecule has 3 rings (SSSR count). The monoisotopic (exact) mass is 545 g/mol. The van der Waals surface area contributed by atoms with Crippen LogP contribution < -0.4 is 10.6 Å². The zero-order valence-corrected chi connectivity index (χ0v) is 23.4. The van der Waals surface area contributed by atoms with Gasteiger partial charge in [0.15, 0.2) is 0 Å². The zero-order chi connectivity index (χ0) is 28.7. The van der Waals surface area contributed by atoms with Crippen molar-refractivity contribution in [2.45, 2.75) is 52.6 Å².